The molecule has 1 saturated heterocycles. The van der Waals surface area contributed by atoms with Crippen molar-refractivity contribution in [1.29, 1.82) is 0 Å². The van der Waals surface area contributed by atoms with Crippen molar-refractivity contribution in [1.82, 2.24) is 30.0 Å². The van der Waals surface area contributed by atoms with Crippen LogP contribution in [0.15, 0.2) is 40.9 Å². The van der Waals surface area contributed by atoms with Gasteiger partial charge in [0, 0.05) is 18.7 Å². The van der Waals surface area contributed by atoms with E-state index in [0.717, 1.165) is 11.1 Å². The summed E-state index contributed by atoms with van der Waals surface area (Å²) in [6.07, 6.45) is -3.73. The first-order chi connectivity index (χ1) is 16.8. The molecule has 1 aromatic carbocycles. The zero-order valence-electron chi connectivity index (χ0n) is 18.6. The van der Waals surface area contributed by atoms with Crippen molar-refractivity contribution in [3.05, 3.63) is 53.6 Å². The summed E-state index contributed by atoms with van der Waals surface area (Å²) in [7, 11) is 0. The molecule has 0 N–H and O–H groups in total. The third kappa shape index (κ3) is 4.79. The maximum absolute atomic E-state index is 13.1. The van der Waals surface area contributed by atoms with Crippen LogP contribution in [0.25, 0.3) is 17.1 Å². The van der Waals surface area contributed by atoms with E-state index in [1.165, 1.54) is 6.07 Å². The van der Waals surface area contributed by atoms with E-state index in [9.17, 15) is 18.0 Å². The molecule has 0 aliphatic carbocycles. The van der Waals surface area contributed by atoms with Crippen molar-refractivity contribution in [2.45, 2.75) is 32.5 Å². The Kier molecular flexibility index (Phi) is 5.83. The highest BCUT2D eigenvalue weighted by atomic mass is 19.4. The molecule has 182 valence electrons. The third-order valence-corrected chi connectivity index (χ3v) is 5.76. The lowest BCUT2D eigenvalue weighted by molar-refractivity contribution is -0.151. The summed E-state index contributed by atoms with van der Waals surface area (Å²) in [6.45, 7) is 2.73. The molecule has 0 atom stereocenters. The smallest absolute Gasteiger partial charge is 0.453 e. The number of carbonyl (C=O) groups excluding carboxylic acids is 1. The van der Waals surface area contributed by atoms with E-state index in [0.29, 0.717) is 42.2 Å². The number of benzene rings is 1. The standard InChI is InChI=1S/C22H20F3N7O3/c1-13-2-4-14(5-3-13)19-26-16(30-35-19)12-34-20(33)15-8-10-31(11-9-15)18-7-6-17-27-28-21(22(23,24)25)32(17)29-18/h2-7,15H,8-12H2,1H3. The fourth-order valence-electron chi connectivity index (χ4n) is 3.85. The number of fused-ring (bicyclic) bond motifs is 1. The maximum atomic E-state index is 13.1. The molecule has 0 amide bonds. The lowest BCUT2D eigenvalue weighted by Gasteiger charge is -2.31. The van der Waals surface area contributed by atoms with Crippen LogP contribution in [-0.2, 0) is 22.3 Å². The highest BCUT2D eigenvalue weighted by molar-refractivity contribution is 5.72. The Balaban J connectivity index is 1.16. The Bertz CT molecular complexity index is 1340. The minimum absolute atomic E-state index is 0.00606. The molecule has 13 heteroatoms. The summed E-state index contributed by atoms with van der Waals surface area (Å²) in [5.41, 5.74) is 1.88. The van der Waals surface area contributed by atoms with Gasteiger partial charge in [0.2, 0.25) is 5.82 Å². The average Bonchev–Trinajstić information content (AvgIpc) is 3.50. The topological polar surface area (TPSA) is 112 Å². The molecule has 0 radical (unpaired) electrons. The molecule has 3 aromatic heterocycles. The van der Waals surface area contributed by atoms with Crippen LogP contribution in [0.5, 0.6) is 0 Å². The van der Waals surface area contributed by atoms with Gasteiger partial charge in [0.25, 0.3) is 11.7 Å². The number of alkyl halides is 3. The van der Waals surface area contributed by atoms with Gasteiger partial charge in [0.1, 0.15) is 5.82 Å². The van der Waals surface area contributed by atoms with Gasteiger partial charge in [0.05, 0.1) is 5.92 Å². The Hall–Kier alpha value is -4.03. The van der Waals surface area contributed by atoms with Gasteiger partial charge in [-0.1, -0.05) is 22.9 Å². The van der Waals surface area contributed by atoms with Gasteiger partial charge in [-0.25, -0.2) is 0 Å². The summed E-state index contributed by atoms with van der Waals surface area (Å²) >= 11 is 0. The van der Waals surface area contributed by atoms with Crippen LogP contribution in [0.3, 0.4) is 0 Å². The predicted octanol–water partition coefficient (Wildman–Crippen LogP) is 3.46. The van der Waals surface area contributed by atoms with Gasteiger partial charge >= 0.3 is 12.1 Å². The van der Waals surface area contributed by atoms with E-state index in [1.54, 1.807) is 6.07 Å². The van der Waals surface area contributed by atoms with Gasteiger partial charge in [-0.2, -0.15) is 22.7 Å². The fraction of sp³-hybridized carbons (Fsp3) is 0.364. The largest absolute Gasteiger partial charge is 0.457 e. The first-order valence-electron chi connectivity index (χ1n) is 10.9. The lowest BCUT2D eigenvalue weighted by Crippen LogP contribution is -2.37. The monoisotopic (exact) mass is 487 g/mol. The van der Waals surface area contributed by atoms with Crippen LogP contribution in [-0.4, -0.2) is 49.0 Å². The molecular weight excluding hydrogens is 467 g/mol. The van der Waals surface area contributed by atoms with E-state index >= 15 is 0 Å². The summed E-state index contributed by atoms with van der Waals surface area (Å²) in [5, 5.41) is 14.6. The van der Waals surface area contributed by atoms with Gasteiger partial charge < -0.3 is 14.2 Å². The van der Waals surface area contributed by atoms with E-state index in [2.05, 4.69) is 25.4 Å². The summed E-state index contributed by atoms with van der Waals surface area (Å²) in [4.78, 5) is 18.6. The normalized spacial score (nSPS) is 15.0. The summed E-state index contributed by atoms with van der Waals surface area (Å²) in [6, 6.07) is 10.6. The second-order valence-electron chi connectivity index (χ2n) is 8.23. The van der Waals surface area contributed by atoms with E-state index < -0.39 is 12.0 Å². The van der Waals surface area contributed by atoms with Crippen molar-refractivity contribution < 1.29 is 27.2 Å². The van der Waals surface area contributed by atoms with E-state index in [1.807, 2.05) is 36.1 Å². The van der Waals surface area contributed by atoms with Crippen LogP contribution in [0.2, 0.25) is 0 Å². The third-order valence-electron chi connectivity index (χ3n) is 5.76. The molecule has 4 heterocycles. The van der Waals surface area contributed by atoms with Gasteiger partial charge in [-0.05, 0) is 44.0 Å². The Morgan fingerprint density at radius 1 is 1.11 bits per heavy atom. The minimum atomic E-state index is -4.67. The number of hydrogen-bond donors (Lipinski definition) is 0. The van der Waals surface area contributed by atoms with E-state index in [4.69, 9.17) is 9.26 Å². The van der Waals surface area contributed by atoms with Crippen molar-refractivity contribution in [3.8, 4) is 11.5 Å². The number of nitrogens with zero attached hydrogens (tertiary/aromatic N) is 7. The van der Waals surface area contributed by atoms with E-state index in [-0.39, 0.29) is 30.0 Å². The molecule has 1 fully saturated rings. The quantitative estimate of drug-likeness (QED) is 0.391. The zero-order valence-corrected chi connectivity index (χ0v) is 18.6. The van der Waals surface area contributed by atoms with Crippen molar-refractivity contribution >= 4 is 17.4 Å². The number of carbonyl (C=O) groups is 1. The number of halogens is 3. The molecule has 0 bridgehead atoms. The number of piperidine rings is 1. The minimum Gasteiger partial charge on any atom is -0.457 e. The molecule has 4 aromatic rings. The molecule has 1 aliphatic heterocycles. The van der Waals surface area contributed by atoms with Crippen LogP contribution < -0.4 is 4.90 Å². The fourth-order valence-corrected chi connectivity index (χ4v) is 3.85. The molecule has 0 saturated carbocycles. The van der Waals surface area contributed by atoms with Crippen molar-refractivity contribution in [3.63, 3.8) is 0 Å². The highest BCUT2D eigenvalue weighted by Crippen LogP contribution is 2.29. The van der Waals surface area contributed by atoms with Crippen LogP contribution in [0.1, 0.15) is 30.1 Å². The molecule has 35 heavy (non-hydrogen) atoms. The number of aromatic nitrogens is 6. The summed E-state index contributed by atoms with van der Waals surface area (Å²) < 4.78 is 50.7. The van der Waals surface area contributed by atoms with Crippen molar-refractivity contribution in [2.75, 3.05) is 18.0 Å². The first-order valence-corrected chi connectivity index (χ1v) is 10.9. The summed E-state index contributed by atoms with van der Waals surface area (Å²) in [5.74, 6) is -0.953. The number of esters is 1. The number of aryl methyl sites for hydroxylation is 1. The van der Waals surface area contributed by atoms with Gasteiger partial charge in [-0.3, -0.25) is 4.79 Å². The highest BCUT2D eigenvalue weighted by Gasteiger charge is 2.38. The second kappa shape index (κ2) is 8.96. The maximum Gasteiger partial charge on any atom is 0.453 e. The van der Waals surface area contributed by atoms with Crippen LogP contribution in [0.4, 0.5) is 19.0 Å². The second-order valence-corrected chi connectivity index (χ2v) is 8.23. The molecule has 1 aliphatic rings. The SMILES string of the molecule is Cc1ccc(-c2nc(COC(=O)C3CCN(c4ccc5nnc(C(F)(F)F)n5n4)CC3)no2)cc1. The molecular formula is C22H20F3N7O3. The number of rotatable bonds is 5. The zero-order chi connectivity index (χ0) is 24.6. The van der Waals surface area contributed by atoms with Crippen LogP contribution in [0, 0.1) is 12.8 Å². The molecule has 0 spiro atoms. The molecule has 5 rings (SSSR count). The number of anilines is 1. The van der Waals surface area contributed by atoms with Gasteiger partial charge in [-0.15, -0.1) is 15.3 Å². The molecule has 0 unspecified atom stereocenters. The molecule has 10 nitrogen and oxygen atoms in total. The van der Waals surface area contributed by atoms with Crippen LogP contribution >= 0.6 is 0 Å². The Morgan fingerprint density at radius 3 is 2.57 bits per heavy atom. The predicted molar refractivity (Wildman–Crippen MR) is 115 cm³/mol. The average molecular weight is 487 g/mol. The Morgan fingerprint density at radius 2 is 1.86 bits per heavy atom. The van der Waals surface area contributed by atoms with Crippen molar-refractivity contribution in [2.24, 2.45) is 5.92 Å². The Labute approximate surface area is 196 Å². The number of hydrogen-bond acceptors (Lipinski definition) is 9. The first kappa shape index (κ1) is 22.7. The van der Waals surface area contributed by atoms with Gasteiger partial charge in [0.15, 0.2) is 12.3 Å². The lowest BCUT2D eigenvalue weighted by atomic mass is 9.97. The number of ether oxygens (including phenoxy) is 1.